The predicted octanol–water partition coefficient (Wildman–Crippen LogP) is 2.04. The van der Waals surface area contributed by atoms with Crippen LogP contribution in [0, 0.1) is 29.6 Å². The first kappa shape index (κ1) is 12.9. The lowest BCUT2D eigenvalue weighted by Gasteiger charge is -2.23. The number of nitrogens with one attached hydrogen (secondary N) is 1. The third-order valence-electron chi connectivity index (χ3n) is 5.59. The van der Waals surface area contributed by atoms with E-state index < -0.39 is 11.9 Å². The van der Waals surface area contributed by atoms with Crippen LogP contribution in [0.25, 0.3) is 0 Å². The van der Waals surface area contributed by atoms with E-state index in [1.807, 2.05) is 0 Å². The Hall–Kier alpha value is -1.06. The number of carboxylic acid groups (broad SMARTS) is 1. The van der Waals surface area contributed by atoms with E-state index >= 15 is 0 Å². The first-order valence-corrected chi connectivity index (χ1v) is 7.65. The van der Waals surface area contributed by atoms with Crippen molar-refractivity contribution in [3.05, 3.63) is 0 Å². The molecule has 0 heterocycles. The van der Waals surface area contributed by atoms with Crippen LogP contribution in [0.2, 0.25) is 0 Å². The Morgan fingerprint density at radius 3 is 2.47 bits per heavy atom. The molecule has 3 fully saturated rings. The van der Waals surface area contributed by atoms with Gasteiger partial charge in [-0.25, -0.2) is 0 Å². The van der Waals surface area contributed by atoms with Crippen LogP contribution in [0.1, 0.15) is 44.9 Å². The zero-order valence-electron chi connectivity index (χ0n) is 11.3. The van der Waals surface area contributed by atoms with Crippen LogP contribution in [-0.4, -0.2) is 23.5 Å². The molecule has 0 aliphatic heterocycles. The molecule has 5 atom stereocenters. The van der Waals surface area contributed by atoms with Gasteiger partial charge in [-0.3, -0.25) is 9.59 Å². The molecule has 3 rings (SSSR count). The van der Waals surface area contributed by atoms with Crippen molar-refractivity contribution in [3.63, 3.8) is 0 Å². The maximum atomic E-state index is 12.1. The van der Waals surface area contributed by atoms with E-state index in [0.29, 0.717) is 12.3 Å². The Kier molecular flexibility index (Phi) is 3.50. The highest BCUT2D eigenvalue weighted by Crippen LogP contribution is 2.48. The Balaban J connectivity index is 1.50. The van der Waals surface area contributed by atoms with Gasteiger partial charge in [0.25, 0.3) is 0 Å². The molecular weight excluding hydrogens is 242 g/mol. The number of aliphatic carboxylic acids is 1. The molecular formula is C15H23NO3. The zero-order chi connectivity index (χ0) is 13.4. The fourth-order valence-corrected chi connectivity index (χ4v) is 4.56. The largest absolute Gasteiger partial charge is 0.481 e. The molecule has 3 saturated carbocycles. The summed E-state index contributed by atoms with van der Waals surface area (Å²) in [6.45, 7) is 0.767. The molecule has 1 amide bonds. The van der Waals surface area contributed by atoms with Gasteiger partial charge in [0, 0.05) is 6.54 Å². The summed E-state index contributed by atoms with van der Waals surface area (Å²) >= 11 is 0. The van der Waals surface area contributed by atoms with Gasteiger partial charge in [0.1, 0.15) is 0 Å². The van der Waals surface area contributed by atoms with Crippen molar-refractivity contribution in [1.29, 1.82) is 0 Å². The number of rotatable bonds is 4. The minimum absolute atomic E-state index is 0.0207. The van der Waals surface area contributed by atoms with Crippen LogP contribution >= 0.6 is 0 Å². The zero-order valence-corrected chi connectivity index (χ0v) is 11.3. The molecule has 0 radical (unpaired) electrons. The molecule has 0 aromatic rings. The molecule has 4 nitrogen and oxygen atoms in total. The third-order valence-corrected chi connectivity index (χ3v) is 5.59. The summed E-state index contributed by atoms with van der Waals surface area (Å²) in [4.78, 5) is 23.2. The van der Waals surface area contributed by atoms with E-state index in [4.69, 9.17) is 5.11 Å². The number of carbonyl (C=O) groups excluding carboxylic acids is 1. The topological polar surface area (TPSA) is 66.4 Å². The van der Waals surface area contributed by atoms with Gasteiger partial charge < -0.3 is 10.4 Å². The molecule has 0 saturated heterocycles. The summed E-state index contributed by atoms with van der Waals surface area (Å²) in [5, 5.41) is 12.2. The molecule has 0 spiro atoms. The minimum Gasteiger partial charge on any atom is -0.481 e. The molecule has 106 valence electrons. The summed E-state index contributed by atoms with van der Waals surface area (Å²) in [5.74, 6) is 0.767. The standard InChI is InChI=1S/C15H23NO3/c17-14(12-2-1-3-13(12)15(18)19)16-8-11-7-9-4-5-10(11)6-9/h9-13H,1-8H2,(H,16,17)(H,18,19). The maximum absolute atomic E-state index is 12.1. The molecule has 2 N–H and O–H groups in total. The minimum atomic E-state index is -0.808. The lowest BCUT2D eigenvalue weighted by molar-refractivity contribution is -0.146. The molecule has 0 aromatic heterocycles. The van der Waals surface area contributed by atoms with Crippen molar-refractivity contribution in [1.82, 2.24) is 5.32 Å². The highest BCUT2D eigenvalue weighted by Gasteiger charge is 2.41. The SMILES string of the molecule is O=C(O)C1CCCC1C(=O)NCC1CC2CCC1C2. The van der Waals surface area contributed by atoms with E-state index in [2.05, 4.69) is 5.32 Å². The van der Waals surface area contributed by atoms with E-state index in [9.17, 15) is 9.59 Å². The number of fused-ring (bicyclic) bond motifs is 2. The fourth-order valence-electron chi connectivity index (χ4n) is 4.56. The van der Waals surface area contributed by atoms with Gasteiger partial charge in [-0.15, -0.1) is 0 Å². The number of hydrogen-bond donors (Lipinski definition) is 2. The average Bonchev–Trinajstić information content (AvgIpc) is 3.10. The Morgan fingerprint density at radius 1 is 1.05 bits per heavy atom. The van der Waals surface area contributed by atoms with Gasteiger partial charge in [0.05, 0.1) is 11.8 Å². The van der Waals surface area contributed by atoms with Crippen LogP contribution in [-0.2, 0) is 9.59 Å². The van der Waals surface area contributed by atoms with Crippen LogP contribution in [0.5, 0.6) is 0 Å². The predicted molar refractivity (Wildman–Crippen MR) is 70.4 cm³/mol. The van der Waals surface area contributed by atoms with E-state index in [0.717, 1.165) is 31.2 Å². The summed E-state index contributed by atoms with van der Waals surface area (Å²) in [6, 6.07) is 0. The van der Waals surface area contributed by atoms with Crippen molar-refractivity contribution >= 4 is 11.9 Å². The Morgan fingerprint density at radius 2 is 1.84 bits per heavy atom. The van der Waals surface area contributed by atoms with Gasteiger partial charge in [-0.05, 0) is 49.9 Å². The van der Waals surface area contributed by atoms with E-state index in [-0.39, 0.29) is 11.8 Å². The van der Waals surface area contributed by atoms with E-state index in [1.165, 1.54) is 25.7 Å². The highest BCUT2D eigenvalue weighted by atomic mass is 16.4. The van der Waals surface area contributed by atoms with Crippen molar-refractivity contribution in [2.75, 3.05) is 6.54 Å². The van der Waals surface area contributed by atoms with Crippen molar-refractivity contribution in [2.24, 2.45) is 29.6 Å². The highest BCUT2D eigenvalue weighted by molar-refractivity contribution is 5.85. The monoisotopic (exact) mass is 265 g/mol. The fraction of sp³-hybridized carbons (Fsp3) is 0.867. The lowest BCUT2D eigenvalue weighted by atomic mass is 9.88. The van der Waals surface area contributed by atoms with Crippen LogP contribution in [0.15, 0.2) is 0 Å². The molecule has 0 aromatic carbocycles. The van der Waals surface area contributed by atoms with Gasteiger partial charge in [0.15, 0.2) is 0 Å². The van der Waals surface area contributed by atoms with Gasteiger partial charge in [0.2, 0.25) is 5.91 Å². The first-order valence-electron chi connectivity index (χ1n) is 7.65. The molecule has 3 aliphatic carbocycles. The second-order valence-electron chi connectivity index (χ2n) is 6.66. The smallest absolute Gasteiger partial charge is 0.307 e. The van der Waals surface area contributed by atoms with Crippen LogP contribution < -0.4 is 5.32 Å². The first-order chi connectivity index (χ1) is 9.15. The third kappa shape index (κ3) is 2.49. The molecule has 2 bridgehead atoms. The van der Waals surface area contributed by atoms with E-state index in [1.54, 1.807) is 0 Å². The summed E-state index contributed by atoms with van der Waals surface area (Å²) in [7, 11) is 0. The van der Waals surface area contributed by atoms with Crippen LogP contribution in [0.4, 0.5) is 0 Å². The second kappa shape index (κ2) is 5.14. The Labute approximate surface area is 113 Å². The van der Waals surface area contributed by atoms with Crippen LogP contribution in [0.3, 0.4) is 0 Å². The summed E-state index contributed by atoms with van der Waals surface area (Å²) in [5.41, 5.74) is 0. The number of carboxylic acids is 1. The molecule has 19 heavy (non-hydrogen) atoms. The second-order valence-corrected chi connectivity index (χ2v) is 6.66. The molecule has 5 unspecified atom stereocenters. The Bertz CT molecular complexity index is 382. The number of carbonyl (C=O) groups is 2. The van der Waals surface area contributed by atoms with Gasteiger partial charge >= 0.3 is 5.97 Å². The summed E-state index contributed by atoms with van der Waals surface area (Å²) < 4.78 is 0. The van der Waals surface area contributed by atoms with Crippen molar-refractivity contribution < 1.29 is 14.7 Å². The molecule has 3 aliphatic rings. The quantitative estimate of drug-likeness (QED) is 0.817. The molecule has 4 heteroatoms. The van der Waals surface area contributed by atoms with Crippen molar-refractivity contribution in [2.45, 2.75) is 44.9 Å². The number of hydrogen-bond acceptors (Lipinski definition) is 2. The van der Waals surface area contributed by atoms with Crippen molar-refractivity contribution in [3.8, 4) is 0 Å². The maximum Gasteiger partial charge on any atom is 0.307 e. The number of amides is 1. The summed E-state index contributed by atoms with van der Waals surface area (Å²) in [6.07, 6.45) is 7.56. The lowest BCUT2D eigenvalue weighted by Crippen LogP contribution is -2.38. The average molecular weight is 265 g/mol. The normalized spacial score (nSPS) is 40.5. The van der Waals surface area contributed by atoms with Gasteiger partial charge in [-0.2, -0.15) is 0 Å². The van der Waals surface area contributed by atoms with Gasteiger partial charge in [-0.1, -0.05) is 12.8 Å².